The smallest absolute Gasteiger partial charge is 0.136 e. The molecule has 0 aliphatic heterocycles. The van der Waals surface area contributed by atoms with Gasteiger partial charge < -0.3 is 0 Å². The number of nitrogens with zero attached hydrogens (tertiary/aromatic N) is 3. The number of hydrogen-bond donors (Lipinski definition) is 0. The predicted octanol–water partition coefficient (Wildman–Crippen LogP) is 5.13. The predicted molar refractivity (Wildman–Crippen MR) is 101 cm³/mol. The van der Waals surface area contributed by atoms with Gasteiger partial charge in [-0.05, 0) is 36.1 Å². The van der Waals surface area contributed by atoms with Gasteiger partial charge in [0, 0.05) is 17.7 Å². The normalized spacial score (nSPS) is 10.5. The van der Waals surface area contributed by atoms with Crippen molar-refractivity contribution in [1.82, 2.24) is 9.97 Å². The molecule has 0 aliphatic rings. The molecular weight excluding hydrogens is 330 g/mol. The van der Waals surface area contributed by atoms with Gasteiger partial charge in [0.05, 0.1) is 11.6 Å². The maximum absolute atomic E-state index is 9.56. The van der Waals surface area contributed by atoms with Crippen LogP contribution >= 0.6 is 11.6 Å². The molecule has 0 spiro atoms. The number of halogens is 1. The fourth-order valence-corrected chi connectivity index (χ4v) is 3.25. The van der Waals surface area contributed by atoms with Crippen LogP contribution in [-0.4, -0.2) is 9.97 Å². The zero-order valence-electron chi connectivity index (χ0n) is 14.3. The van der Waals surface area contributed by atoms with Crippen LogP contribution < -0.4 is 0 Å². The first kappa shape index (κ1) is 17.1. The summed E-state index contributed by atoms with van der Waals surface area (Å²) in [6.45, 7) is 3.90. The minimum atomic E-state index is 0.495. The van der Waals surface area contributed by atoms with Gasteiger partial charge in [-0.25, -0.2) is 9.97 Å². The van der Waals surface area contributed by atoms with Gasteiger partial charge in [0.2, 0.25) is 0 Å². The van der Waals surface area contributed by atoms with E-state index in [1.807, 2.05) is 55.5 Å². The number of benzene rings is 2. The van der Waals surface area contributed by atoms with E-state index in [0.29, 0.717) is 23.0 Å². The Balaban J connectivity index is 2.00. The average Bonchev–Trinajstić information content (AvgIpc) is 2.64. The summed E-state index contributed by atoms with van der Waals surface area (Å²) in [5.74, 6) is 0.683. The third-order valence-corrected chi connectivity index (χ3v) is 4.47. The quantitative estimate of drug-likeness (QED) is 0.615. The van der Waals surface area contributed by atoms with Crippen LogP contribution in [0.15, 0.2) is 48.5 Å². The molecule has 0 unspecified atom stereocenters. The van der Waals surface area contributed by atoms with Crippen LogP contribution in [-0.2, 0) is 12.8 Å². The molecule has 124 valence electrons. The monoisotopic (exact) mass is 347 g/mol. The molecule has 0 N–H and O–H groups in total. The minimum Gasteiger partial charge on any atom is -0.238 e. The molecule has 1 heterocycles. The van der Waals surface area contributed by atoms with Gasteiger partial charge in [0.15, 0.2) is 0 Å². The third-order valence-electron chi connectivity index (χ3n) is 4.16. The highest BCUT2D eigenvalue weighted by Crippen LogP contribution is 2.27. The zero-order valence-corrected chi connectivity index (χ0v) is 15.0. The minimum absolute atomic E-state index is 0.495. The molecule has 0 saturated carbocycles. The molecule has 0 fully saturated rings. The Morgan fingerprint density at radius 2 is 1.84 bits per heavy atom. The molecule has 0 aliphatic carbocycles. The van der Waals surface area contributed by atoms with Crippen molar-refractivity contribution in [3.8, 4) is 17.2 Å². The van der Waals surface area contributed by atoms with Gasteiger partial charge in [-0.1, -0.05) is 61.0 Å². The maximum Gasteiger partial charge on any atom is 0.136 e. The van der Waals surface area contributed by atoms with Crippen molar-refractivity contribution in [3.05, 3.63) is 81.9 Å². The standard InChI is InChI=1S/C21H18ClN3/c1-3-20-19(21(22)25-14(2)24-20)12-15-9-10-18(17(11-15)13-23)16-7-5-4-6-8-16/h4-11H,3,12H2,1-2H3. The molecule has 3 aromatic rings. The second-order valence-electron chi connectivity index (χ2n) is 5.87. The summed E-state index contributed by atoms with van der Waals surface area (Å²) >= 11 is 6.35. The lowest BCUT2D eigenvalue weighted by Gasteiger charge is -2.11. The van der Waals surface area contributed by atoms with Gasteiger partial charge in [-0.2, -0.15) is 5.26 Å². The van der Waals surface area contributed by atoms with Crippen molar-refractivity contribution in [2.75, 3.05) is 0 Å². The lowest BCUT2D eigenvalue weighted by molar-refractivity contribution is 0.906. The second-order valence-corrected chi connectivity index (χ2v) is 6.23. The van der Waals surface area contributed by atoms with Crippen LogP contribution in [0.1, 0.15) is 35.1 Å². The molecule has 2 aromatic carbocycles. The number of rotatable bonds is 4. The Hall–Kier alpha value is -2.70. The topological polar surface area (TPSA) is 49.6 Å². The number of aryl methyl sites for hydroxylation is 2. The third kappa shape index (κ3) is 3.70. The Morgan fingerprint density at radius 3 is 2.52 bits per heavy atom. The highest BCUT2D eigenvalue weighted by atomic mass is 35.5. The molecule has 3 rings (SSSR count). The van der Waals surface area contributed by atoms with Gasteiger partial charge in [0.25, 0.3) is 0 Å². The molecule has 1 aromatic heterocycles. The summed E-state index contributed by atoms with van der Waals surface area (Å²) < 4.78 is 0. The van der Waals surface area contributed by atoms with E-state index in [9.17, 15) is 5.26 Å². The van der Waals surface area contributed by atoms with Gasteiger partial charge in [-0.15, -0.1) is 0 Å². The van der Waals surface area contributed by atoms with E-state index in [0.717, 1.165) is 34.4 Å². The van der Waals surface area contributed by atoms with Crippen LogP contribution in [0.25, 0.3) is 11.1 Å². The van der Waals surface area contributed by atoms with Crippen LogP contribution in [0.4, 0.5) is 0 Å². The van der Waals surface area contributed by atoms with E-state index in [-0.39, 0.29) is 0 Å². The molecule has 0 bridgehead atoms. The fourth-order valence-electron chi connectivity index (χ4n) is 2.95. The maximum atomic E-state index is 9.56. The molecule has 0 amide bonds. The van der Waals surface area contributed by atoms with Crippen LogP contribution in [0.2, 0.25) is 5.15 Å². The van der Waals surface area contributed by atoms with Gasteiger partial charge in [-0.3, -0.25) is 0 Å². The SMILES string of the molecule is CCc1nc(C)nc(Cl)c1Cc1ccc(-c2ccccc2)c(C#N)c1. The van der Waals surface area contributed by atoms with E-state index < -0.39 is 0 Å². The first-order valence-electron chi connectivity index (χ1n) is 8.22. The molecule has 25 heavy (non-hydrogen) atoms. The van der Waals surface area contributed by atoms with E-state index >= 15 is 0 Å². The van der Waals surface area contributed by atoms with E-state index in [1.54, 1.807) is 0 Å². The molecular formula is C21H18ClN3. The van der Waals surface area contributed by atoms with Crippen molar-refractivity contribution in [2.45, 2.75) is 26.7 Å². The highest BCUT2D eigenvalue weighted by Gasteiger charge is 2.13. The average molecular weight is 348 g/mol. The molecule has 0 radical (unpaired) electrons. The fraction of sp³-hybridized carbons (Fsp3) is 0.190. The van der Waals surface area contributed by atoms with Crippen molar-refractivity contribution >= 4 is 11.6 Å². The first-order chi connectivity index (χ1) is 12.1. The number of nitriles is 1. The molecule has 0 atom stereocenters. The van der Waals surface area contributed by atoms with Gasteiger partial charge in [0.1, 0.15) is 11.0 Å². The Kier molecular flexibility index (Phi) is 5.11. The summed E-state index contributed by atoms with van der Waals surface area (Å²) in [5.41, 5.74) is 5.56. The van der Waals surface area contributed by atoms with E-state index in [2.05, 4.69) is 23.0 Å². The zero-order chi connectivity index (χ0) is 17.8. The van der Waals surface area contributed by atoms with Crippen molar-refractivity contribution in [2.24, 2.45) is 0 Å². The number of hydrogen-bond acceptors (Lipinski definition) is 3. The molecule has 4 heteroatoms. The summed E-state index contributed by atoms with van der Waals surface area (Å²) in [6.07, 6.45) is 1.41. The van der Waals surface area contributed by atoms with E-state index in [4.69, 9.17) is 11.6 Å². The lowest BCUT2D eigenvalue weighted by Crippen LogP contribution is -2.04. The van der Waals surface area contributed by atoms with Crippen LogP contribution in [0.3, 0.4) is 0 Å². The second kappa shape index (κ2) is 7.46. The summed E-state index contributed by atoms with van der Waals surface area (Å²) in [5, 5.41) is 10.1. The van der Waals surface area contributed by atoms with Crippen molar-refractivity contribution < 1.29 is 0 Å². The van der Waals surface area contributed by atoms with Crippen LogP contribution in [0.5, 0.6) is 0 Å². The van der Waals surface area contributed by atoms with Gasteiger partial charge >= 0.3 is 0 Å². The van der Waals surface area contributed by atoms with Crippen LogP contribution in [0, 0.1) is 18.3 Å². The van der Waals surface area contributed by atoms with Crippen molar-refractivity contribution in [1.29, 1.82) is 5.26 Å². The van der Waals surface area contributed by atoms with E-state index in [1.165, 1.54) is 0 Å². The summed E-state index contributed by atoms with van der Waals surface area (Å²) in [4.78, 5) is 8.77. The summed E-state index contributed by atoms with van der Waals surface area (Å²) in [7, 11) is 0. The molecule has 3 nitrogen and oxygen atoms in total. The Labute approximate surface area is 153 Å². The highest BCUT2D eigenvalue weighted by molar-refractivity contribution is 6.30. The Bertz CT molecular complexity index is 943. The first-order valence-corrected chi connectivity index (χ1v) is 8.60. The van der Waals surface area contributed by atoms with Crippen molar-refractivity contribution in [3.63, 3.8) is 0 Å². The molecule has 0 saturated heterocycles. The Morgan fingerprint density at radius 1 is 1.08 bits per heavy atom. The lowest BCUT2D eigenvalue weighted by atomic mass is 9.95. The number of aromatic nitrogens is 2. The summed E-state index contributed by atoms with van der Waals surface area (Å²) in [6, 6.07) is 18.2. The largest absolute Gasteiger partial charge is 0.238 e.